The van der Waals surface area contributed by atoms with Crippen molar-refractivity contribution < 1.29 is 4.79 Å². The van der Waals surface area contributed by atoms with Gasteiger partial charge in [-0.05, 0) is 82.6 Å². The van der Waals surface area contributed by atoms with Crippen LogP contribution in [0.1, 0.15) is 69.7 Å². The molecule has 0 radical (unpaired) electrons. The van der Waals surface area contributed by atoms with E-state index >= 15 is 0 Å². The van der Waals surface area contributed by atoms with Gasteiger partial charge in [0.2, 0.25) is 0 Å². The van der Waals surface area contributed by atoms with E-state index in [-0.39, 0.29) is 5.91 Å². The fourth-order valence-electron chi connectivity index (χ4n) is 3.50. The summed E-state index contributed by atoms with van der Waals surface area (Å²) < 4.78 is 0. The molecule has 0 saturated heterocycles. The van der Waals surface area contributed by atoms with Crippen LogP contribution in [-0.2, 0) is 11.2 Å². The van der Waals surface area contributed by atoms with Crippen molar-refractivity contribution in [3.8, 4) is 0 Å². The van der Waals surface area contributed by atoms with Crippen LogP contribution < -0.4 is 5.32 Å². The van der Waals surface area contributed by atoms with Gasteiger partial charge in [-0.2, -0.15) is 0 Å². The van der Waals surface area contributed by atoms with E-state index in [1.165, 1.54) is 24.0 Å². The Balaban J connectivity index is 0.000000310. The van der Waals surface area contributed by atoms with Crippen LogP contribution in [0, 0.1) is 12.8 Å². The number of amidine groups is 1. The number of aryl methyl sites for hydroxylation is 2. The van der Waals surface area contributed by atoms with E-state index in [9.17, 15) is 4.79 Å². The SMILES string of the molecule is C/C=C(\C)C(=O)Nc1cc(C(=NC)N=C(C)C2CC2)ccc1C.C=C(C)c1ccccc1CC. The summed E-state index contributed by atoms with van der Waals surface area (Å²) in [4.78, 5) is 21.1. The van der Waals surface area contributed by atoms with Crippen molar-refractivity contribution in [1.29, 1.82) is 0 Å². The molecule has 0 unspecified atom stereocenters. The number of hydrogen-bond donors (Lipinski definition) is 1. The van der Waals surface area contributed by atoms with E-state index in [2.05, 4.69) is 66.9 Å². The number of anilines is 1. The van der Waals surface area contributed by atoms with Crippen molar-refractivity contribution in [2.45, 2.75) is 60.8 Å². The fraction of sp³-hybridized carbons (Fsp3) is 0.367. The second kappa shape index (κ2) is 12.8. The standard InChI is InChI=1S/C19H25N3O.C11H14/c1-6-12(2)19(23)22-17-11-16(8-7-13(17)3)18(20-5)21-14(4)15-9-10-15;1-4-10-7-5-6-8-11(10)9(2)3/h6-8,11,15H,9-10H2,1-5H3,(H,22,23);5-8H,2,4H2,1,3H3/b12-6+,20-18?,21-14?;. The molecule has 3 rings (SSSR count). The first-order chi connectivity index (χ1) is 16.2. The average Bonchev–Trinajstić information content (AvgIpc) is 3.69. The molecule has 34 heavy (non-hydrogen) atoms. The second-order valence-corrected chi connectivity index (χ2v) is 8.82. The Hall–Kier alpha value is -3.27. The first kappa shape index (κ1) is 27.0. The Labute approximate surface area is 205 Å². The molecule has 1 saturated carbocycles. The summed E-state index contributed by atoms with van der Waals surface area (Å²) in [6, 6.07) is 14.4. The predicted molar refractivity (Wildman–Crippen MR) is 148 cm³/mol. The number of carbonyl (C=O) groups excluding carboxylic acids is 1. The number of allylic oxidation sites excluding steroid dienone is 2. The quantitative estimate of drug-likeness (QED) is 0.274. The molecule has 0 aromatic heterocycles. The lowest BCUT2D eigenvalue weighted by molar-refractivity contribution is -0.112. The van der Waals surface area contributed by atoms with Gasteiger partial charge in [0.25, 0.3) is 5.91 Å². The minimum absolute atomic E-state index is 0.0830. The summed E-state index contributed by atoms with van der Waals surface area (Å²) in [5, 5.41) is 2.96. The molecule has 180 valence electrons. The smallest absolute Gasteiger partial charge is 0.250 e. The van der Waals surface area contributed by atoms with Crippen molar-refractivity contribution >= 4 is 28.7 Å². The van der Waals surface area contributed by atoms with Gasteiger partial charge >= 0.3 is 0 Å². The first-order valence-electron chi connectivity index (χ1n) is 12.0. The normalized spacial score (nSPS) is 14.3. The highest BCUT2D eigenvalue weighted by Gasteiger charge is 2.24. The Kier molecular flexibility index (Phi) is 10.2. The maximum atomic E-state index is 12.1. The van der Waals surface area contributed by atoms with Crippen LogP contribution in [0.4, 0.5) is 5.69 Å². The molecule has 4 heteroatoms. The highest BCUT2D eigenvalue weighted by atomic mass is 16.1. The molecule has 2 aromatic carbocycles. The Morgan fingerprint density at radius 1 is 1.15 bits per heavy atom. The molecular weight excluding hydrogens is 418 g/mol. The Morgan fingerprint density at radius 2 is 1.82 bits per heavy atom. The number of nitrogens with one attached hydrogen (secondary N) is 1. The average molecular weight is 458 g/mol. The molecular formula is C30H39N3O. The molecule has 0 aliphatic heterocycles. The molecule has 2 aromatic rings. The molecule has 0 atom stereocenters. The summed E-state index contributed by atoms with van der Waals surface area (Å²) in [7, 11) is 1.75. The first-order valence-corrected chi connectivity index (χ1v) is 12.0. The molecule has 1 N–H and O–H groups in total. The monoisotopic (exact) mass is 457 g/mol. The van der Waals surface area contributed by atoms with Crippen molar-refractivity contribution in [3.05, 3.63) is 82.9 Å². The number of nitrogens with zero attached hydrogens (tertiary/aromatic N) is 2. The summed E-state index contributed by atoms with van der Waals surface area (Å²) >= 11 is 0. The molecule has 1 aliphatic rings. The summed E-state index contributed by atoms with van der Waals surface area (Å²) in [5.41, 5.74) is 8.42. The van der Waals surface area contributed by atoms with Crippen LogP contribution in [0.15, 0.2) is 70.7 Å². The second-order valence-electron chi connectivity index (χ2n) is 8.82. The van der Waals surface area contributed by atoms with Crippen molar-refractivity contribution in [3.63, 3.8) is 0 Å². The largest absolute Gasteiger partial charge is 0.322 e. The topological polar surface area (TPSA) is 53.8 Å². The minimum Gasteiger partial charge on any atom is -0.322 e. The van der Waals surface area contributed by atoms with E-state index in [0.717, 1.165) is 34.5 Å². The van der Waals surface area contributed by atoms with E-state index in [4.69, 9.17) is 0 Å². The molecule has 0 spiro atoms. The number of aliphatic imine (C=N–C) groups is 2. The predicted octanol–water partition coefficient (Wildman–Crippen LogP) is 7.43. The minimum atomic E-state index is -0.0830. The third-order valence-corrected chi connectivity index (χ3v) is 6.06. The zero-order chi connectivity index (χ0) is 25.3. The summed E-state index contributed by atoms with van der Waals surface area (Å²) in [6.45, 7) is 15.9. The zero-order valence-electron chi connectivity index (χ0n) is 21.8. The van der Waals surface area contributed by atoms with Gasteiger partial charge in [0.15, 0.2) is 5.84 Å². The molecule has 1 aliphatic carbocycles. The number of carbonyl (C=O) groups is 1. The lowest BCUT2D eigenvalue weighted by atomic mass is 10.0. The number of amides is 1. The Bertz CT molecular complexity index is 1120. The highest BCUT2D eigenvalue weighted by molar-refractivity contribution is 6.09. The summed E-state index contributed by atoms with van der Waals surface area (Å²) in [5.74, 6) is 1.25. The van der Waals surface area contributed by atoms with Crippen molar-refractivity contribution in [1.82, 2.24) is 0 Å². The maximum Gasteiger partial charge on any atom is 0.250 e. The molecule has 0 bridgehead atoms. The number of benzene rings is 2. The van der Waals surface area contributed by atoms with Crippen LogP contribution >= 0.6 is 0 Å². The van der Waals surface area contributed by atoms with E-state index < -0.39 is 0 Å². The van der Waals surface area contributed by atoms with Crippen molar-refractivity contribution in [2.24, 2.45) is 15.9 Å². The van der Waals surface area contributed by atoms with Crippen molar-refractivity contribution in [2.75, 3.05) is 12.4 Å². The van der Waals surface area contributed by atoms with Gasteiger partial charge in [-0.15, -0.1) is 0 Å². The highest BCUT2D eigenvalue weighted by Crippen LogP contribution is 2.30. The van der Waals surface area contributed by atoms with Gasteiger partial charge < -0.3 is 5.32 Å². The maximum absolute atomic E-state index is 12.1. The van der Waals surface area contributed by atoms with Crippen LogP contribution in [0.5, 0.6) is 0 Å². The lowest BCUT2D eigenvalue weighted by Crippen LogP contribution is -2.14. The fourth-order valence-corrected chi connectivity index (χ4v) is 3.50. The Morgan fingerprint density at radius 3 is 2.35 bits per heavy atom. The van der Waals surface area contributed by atoms with Crippen LogP contribution in [0.2, 0.25) is 0 Å². The third kappa shape index (κ3) is 7.65. The van der Waals surface area contributed by atoms with Gasteiger partial charge in [-0.3, -0.25) is 9.79 Å². The van der Waals surface area contributed by atoms with Crippen LogP contribution in [0.3, 0.4) is 0 Å². The van der Waals surface area contributed by atoms with Gasteiger partial charge in [0.05, 0.1) is 0 Å². The number of hydrogen-bond acceptors (Lipinski definition) is 2. The zero-order valence-corrected chi connectivity index (χ0v) is 21.8. The van der Waals surface area contributed by atoms with E-state index in [1.807, 2.05) is 32.0 Å². The molecule has 1 amide bonds. The van der Waals surface area contributed by atoms with Gasteiger partial charge in [0, 0.05) is 29.6 Å². The lowest BCUT2D eigenvalue weighted by Gasteiger charge is -2.11. The molecule has 1 fully saturated rings. The van der Waals surface area contributed by atoms with Gasteiger partial charge in [-0.1, -0.05) is 61.5 Å². The summed E-state index contributed by atoms with van der Waals surface area (Å²) in [6.07, 6.45) is 5.34. The van der Waals surface area contributed by atoms with Gasteiger partial charge in [0.1, 0.15) is 0 Å². The van der Waals surface area contributed by atoms with E-state index in [0.29, 0.717) is 17.3 Å². The molecule has 4 nitrogen and oxygen atoms in total. The van der Waals surface area contributed by atoms with Crippen LogP contribution in [-0.4, -0.2) is 24.5 Å². The number of rotatable bonds is 6. The molecule has 0 heterocycles. The van der Waals surface area contributed by atoms with Gasteiger partial charge in [-0.25, -0.2) is 4.99 Å². The third-order valence-electron chi connectivity index (χ3n) is 6.06. The van der Waals surface area contributed by atoms with Crippen LogP contribution in [0.25, 0.3) is 5.57 Å². The van der Waals surface area contributed by atoms with E-state index in [1.54, 1.807) is 20.0 Å².